The zero-order chi connectivity index (χ0) is 53.1. The maximum absolute atomic E-state index is 14.5. The van der Waals surface area contributed by atoms with Crippen LogP contribution in [0.25, 0.3) is 22.3 Å². The molecule has 12 N–H and O–H groups in total. The first kappa shape index (κ1) is 55.1. The molecule has 0 aliphatic carbocycles. The van der Waals surface area contributed by atoms with Crippen molar-refractivity contribution in [2.75, 3.05) is 52.1 Å². The molecule has 3 saturated heterocycles. The summed E-state index contributed by atoms with van der Waals surface area (Å²) in [4.78, 5) is 103. The number of hydrogen-bond donors (Lipinski definition) is 10. The van der Waals surface area contributed by atoms with Crippen LogP contribution in [0.4, 0.5) is 11.8 Å². The predicted molar refractivity (Wildman–Crippen MR) is 240 cm³/mol. The van der Waals surface area contributed by atoms with Crippen molar-refractivity contribution in [3.05, 3.63) is 62.4 Å². The van der Waals surface area contributed by atoms with Crippen LogP contribution in [0.1, 0.15) is 18.7 Å². The minimum Gasteiger partial charge on any atom is -0.800 e. The molecule has 0 saturated carbocycles. The van der Waals surface area contributed by atoms with Crippen molar-refractivity contribution in [1.29, 1.82) is 0 Å². The molecule has 0 amide bonds. The van der Waals surface area contributed by atoms with Crippen LogP contribution in [0.5, 0.6) is 0 Å². The Labute approximate surface area is 412 Å². The number of fused-ring (bicyclic) bond motifs is 2. The molecule has 35 nitrogen and oxygen atoms in total. The van der Waals surface area contributed by atoms with Gasteiger partial charge in [0.2, 0.25) is 11.7 Å². The van der Waals surface area contributed by atoms with E-state index in [-0.39, 0.29) is 40.7 Å². The Morgan fingerprint density at radius 2 is 1.49 bits per heavy atom. The molecular formula is C33H46N12O23P4S. The maximum atomic E-state index is 14.5. The summed E-state index contributed by atoms with van der Waals surface area (Å²) in [6.07, 6.45) is -10.9. The highest BCUT2D eigenvalue weighted by Gasteiger charge is 2.53. The molecule has 0 bridgehead atoms. The molecular weight excluding hydrogens is 1090 g/mol. The van der Waals surface area contributed by atoms with Crippen molar-refractivity contribution >= 4 is 75.9 Å². The monoisotopic (exact) mass is 1130 g/mol. The molecule has 73 heavy (non-hydrogen) atoms. The lowest BCUT2D eigenvalue weighted by atomic mass is 9.99. The van der Waals surface area contributed by atoms with Gasteiger partial charge in [-0.15, -0.1) is 0 Å². The van der Waals surface area contributed by atoms with Gasteiger partial charge in [0, 0.05) is 38.9 Å². The molecule has 16 atom stereocenters. The molecule has 5 aromatic rings. The van der Waals surface area contributed by atoms with E-state index in [4.69, 9.17) is 60.5 Å². The molecule has 0 radical (unpaired) electrons. The number of phosphoric acid groups is 3. The van der Waals surface area contributed by atoms with Crippen molar-refractivity contribution in [2.24, 2.45) is 13.0 Å². The van der Waals surface area contributed by atoms with Crippen molar-refractivity contribution in [3.63, 3.8) is 0 Å². The van der Waals surface area contributed by atoms with E-state index in [9.17, 15) is 63.0 Å². The second-order valence-corrected chi connectivity index (χ2v) is 24.4. The van der Waals surface area contributed by atoms with Gasteiger partial charge in [0.05, 0.1) is 57.7 Å². The minimum atomic E-state index is -6.16. The number of aliphatic hydroxyl groups is 3. The van der Waals surface area contributed by atoms with E-state index in [1.54, 1.807) is 0 Å². The Hall–Kier alpha value is -4.16. The van der Waals surface area contributed by atoms with Gasteiger partial charge < -0.3 is 74.6 Å². The van der Waals surface area contributed by atoms with Gasteiger partial charge in [-0.1, -0.05) is 16.8 Å². The number of ether oxygens (including phenoxy) is 5. The number of nitrogens with two attached hydrogens (primary N) is 2. The third-order valence-electron chi connectivity index (χ3n) is 11.7. The second kappa shape index (κ2) is 21.1. The number of phosphoric ester groups is 2. The van der Waals surface area contributed by atoms with Crippen LogP contribution >= 0.6 is 30.0 Å². The van der Waals surface area contributed by atoms with E-state index >= 15 is 0 Å². The van der Waals surface area contributed by atoms with Crippen LogP contribution in [0.2, 0.25) is 0 Å². The number of aliphatic hydroxyl groups excluding tert-OH is 3. The number of aryl methyl sites for hydroxylation is 1. The first-order chi connectivity index (χ1) is 34.2. The Morgan fingerprint density at radius 1 is 0.836 bits per heavy atom. The highest BCUT2D eigenvalue weighted by Crippen LogP contribution is 2.68. The van der Waals surface area contributed by atoms with Crippen molar-refractivity contribution in [1.82, 2.24) is 43.6 Å². The highest BCUT2D eigenvalue weighted by atomic mass is 32.5. The molecule has 0 spiro atoms. The normalized spacial score (nSPS) is 30.9. The van der Waals surface area contributed by atoms with Crippen LogP contribution in [-0.4, -0.2) is 163 Å². The molecule has 0 aromatic carbocycles. The first-order valence-corrected chi connectivity index (χ1v) is 28.1. The van der Waals surface area contributed by atoms with Crippen molar-refractivity contribution < 1.29 is 99.0 Å². The fourth-order valence-electron chi connectivity index (χ4n) is 8.46. The molecule has 8 heterocycles. The van der Waals surface area contributed by atoms with E-state index in [0.29, 0.717) is 0 Å². The predicted octanol–water partition coefficient (Wildman–Crippen LogP) is -4.42. The number of aromatic amines is 2. The smallest absolute Gasteiger partial charge is 0.490 e. The Balaban J connectivity index is 0.957. The minimum absolute atomic E-state index is 0.0142. The summed E-state index contributed by atoms with van der Waals surface area (Å²) in [5.41, 5.74) is 7.72. The zero-order valence-electron chi connectivity index (χ0n) is 37.7. The van der Waals surface area contributed by atoms with E-state index in [0.717, 1.165) is 30.3 Å². The molecule has 4 unspecified atom stereocenters. The standard InChI is InChI=1S/C33H46N12O23P4S/c1-42-12-45(27-19(42)28(50)41-32(35)40-27)29-20(47)13(6-59-2)14(64-29)7-62-70(53,54)67-72(57,58)68-71(55,56)63-9-16-24(23(60-3)31(66-16)44-11-38-18-25(34)36-10-37-26(18)44)69(52,73)61-8-15-21(48)22(49)30(65-15)43-5-4-17(46)39-33(43)51/h4-5,10-16,20-24,29-31,47-49H,6-9H2,1-3H3,(H9-,34,35,36,37,39,40,41,46,50,51,52,53,54,55,56,57,58,73)/t13-,14-,15-,16-,20-,21-,22-,23-,24-,29-,30-,31-,69?/m1/s1. The molecule has 40 heteroatoms. The van der Waals surface area contributed by atoms with Gasteiger partial charge in [0.15, 0.2) is 30.2 Å². The lowest BCUT2D eigenvalue weighted by Gasteiger charge is -2.39. The molecule has 3 aliphatic rings. The molecule has 3 fully saturated rings. The van der Waals surface area contributed by atoms with Crippen LogP contribution in [0.15, 0.2) is 45.6 Å². The van der Waals surface area contributed by atoms with Gasteiger partial charge in [-0.2, -0.15) is 8.62 Å². The fraction of sp³-hybridized carbons (Fsp3) is 0.576. The molecule has 8 rings (SSSR count). The summed E-state index contributed by atoms with van der Waals surface area (Å²) < 4.78 is 96.7. The van der Waals surface area contributed by atoms with Crippen LogP contribution < -0.4 is 37.7 Å². The molecule has 402 valence electrons. The van der Waals surface area contributed by atoms with Crippen LogP contribution in [-0.2, 0) is 78.4 Å². The van der Waals surface area contributed by atoms with E-state index < -0.39 is 140 Å². The van der Waals surface area contributed by atoms with E-state index in [1.807, 2.05) is 4.98 Å². The second-order valence-electron chi connectivity index (χ2n) is 16.3. The summed E-state index contributed by atoms with van der Waals surface area (Å²) in [6, 6.07) is 0.950. The number of anilines is 2. The third-order valence-corrected chi connectivity index (χ3v) is 18.8. The summed E-state index contributed by atoms with van der Waals surface area (Å²) in [7, 11) is -14.0. The highest BCUT2D eigenvalue weighted by molar-refractivity contribution is 8.09. The number of nitrogen functional groups attached to an aromatic ring is 2. The quantitative estimate of drug-likeness (QED) is 0.0260. The third kappa shape index (κ3) is 11.4. The van der Waals surface area contributed by atoms with Gasteiger partial charge in [0.1, 0.15) is 42.4 Å². The molecule has 3 aliphatic heterocycles. The van der Waals surface area contributed by atoms with Gasteiger partial charge in [-0.05, 0) is 0 Å². The summed E-state index contributed by atoms with van der Waals surface area (Å²) in [5, 5.41) is 32.8. The van der Waals surface area contributed by atoms with E-state index in [2.05, 4.69) is 33.5 Å². The number of rotatable bonds is 20. The number of nitrogens with zero attached hydrogens (tertiary/aromatic N) is 8. The van der Waals surface area contributed by atoms with Crippen molar-refractivity contribution in [3.8, 4) is 0 Å². The van der Waals surface area contributed by atoms with Crippen LogP contribution in [0, 0.1) is 5.92 Å². The number of H-pyrrole nitrogens is 2. The number of hydrogen-bond acceptors (Lipinski definition) is 27. The first-order valence-electron chi connectivity index (χ1n) is 20.9. The van der Waals surface area contributed by atoms with Gasteiger partial charge >= 0.3 is 34.8 Å². The largest absolute Gasteiger partial charge is 0.800 e. The lowest BCUT2D eigenvalue weighted by Crippen LogP contribution is -2.45. The maximum Gasteiger partial charge on any atom is 0.490 e. The topological polar surface area (TPSA) is 493 Å². The van der Waals surface area contributed by atoms with Crippen molar-refractivity contribution in [2.45, 2.75) is 67.1 Å². The number of imidazole rings is 2. The van der Waals surface area contributed by atoms with Gasteiger partial charge in [-0.25, -0.2) is 38.0 Å². The average Bonchev–Trinajstić information content (AvgIpc) is 4.10. The SMILES string of the molecule is COC[C@H]1[C@@H](O)[C@H]([n+]2cn(C)c3c(=O)[nH]c(N)nc32)O[C@@H]1COP(=O)(O)OP(=O)(O)OP(=O)(O)OC[C@H]1O[C@@H](n2cnc3c(N)ncnc32)[C@H](OC)[C@@H]1P([O-])(=S)OC[C@H]1O[C@@H](n2ccc(=O)[nH]c2=O)[C@H](O)[C@@H]1O. The fourth-order valence-corrected chi connectivity index (χ4v) is 14.6. The Morgan fingerprint density at radius 3 is 2.15 bits per heavy atom. The Kier molecular flexibility index (Phi) is 15.9. The van der Waals surface area contributed by atoms with Gasteiger partial charge in [-0.3, -0.25) is 42.3 Å². The van der Waals surface area contributed by atoms with Crippen LogP contribution in [0.3, 0.4) is 0 Å². The number of aromatic nitrogens is 10. The van der Waals surface area contributed by atoms with Gasteiger partial charge in [0.25, 0.3) is 17.1 Å². The lowest BCUT2D eigenvalue weighted by molar-refractivity contribution is -0.745. The summed E-state index contributed by atoms with van der Waals surface area (Å²) in [6.45, 7) is -7.96. The summed E-state index contributed by atoms with van der Waals surface area (Å²) >= 11 is 5.45. The number of methoxy groups -OCH3 is 2. The molecule has 5 aromatic heterocycles. The Bertz CT molecular complexity index is 3250. The van der Waals surface area contributed by atoms with E-state index in [1.165, 1.54) is 40.5 Å². The zero-order valence-corrected chi connectivity index (χ0v) is 42.1. The number of nitrogens with one attached hydrogen (secondary N) is 2. The summed E-state index contributed by atoms with van der Waals surface area (Å²) in [5.74, 6) is -1.36. The average molecular weight is 1130 g/mol.